The van der Waals surface area contributed by atoms with Crippen LogP contribution in [-0.2, 0) is 11.3 Å². The predicted octanol–water partition coefficient (Wildman–Crippen LogP) is 5.06. The Morgan fingerprint density at radius 3 is 2.36 bits per heavy atom. The van der Waals surface area contributed by atoms with Crippen LogP contribution in [0.1, 0.15) is 30.5 Å². The molecule has 4 aromatic rings. The van der Waals surface area contributed by atoms with E-state index in [1.165, 1.54) is 0 Å². The molecule has 1 amide bonds. The van der Waals surface area contributed by atoms with Gasteiger partial charge in [0, 0.05) is 11.9 Å². The Bertz CT molecular complexity index is 1060. The van der Waals surface area contributed by atoms with Crippen molar-refractivity contribution in [3.8, 4) is 0 Å². The van der Waals surface area contributed by atoms with Gasteiger partial charge in [-0.3, -0.25) is 4.79 Å². The number of anilines is 1. The molecule has 2 heterocycles. The van der Waals surface area contributed by atoms with Gasteiger partial charge in [-0.15, -0.1) is 0 Å². The van der Waals surface area contributed by atoms with Crippen molar-refractivity contribution in [3.05, 3.63) is 103 Å². The van der Waals surface area contributed by atoms with E-state index in [2.05, 4.69) is 11.9 Å². The number of imidazole rings is 1. The number of nitrogens with zero attached hydrogens (tertiary/aromatic N) is 3. The Morgan fingerprint density at radius 2 is 1.64 bits per heavy atom. The van der Waals surface area contributed by atoms with Gasteiger partial charge in [0.1, 0.15) is 5.65 Å². The Hall–Kier alpha value is -3.40. The lowest BCUT2D eigenvalue weighted by Gasteiger charge is -2.27. The lowest BCUT2D eigenvalue weighted by atomic mass is 9.94. The van der Waals surface area contributed by atoms with Crippen LogP contribution in [-0.4, -0.2) is 15.3 Å². The molecule has 0 aliphatic rings. The normalized spacial score (nSPS) is 12.0. The third kappa shape index (κ3) is 3.54. The molecule has 0 fully saturated rings. The zero-order valence-corrected chi connectivity index (χ0v) is 15.9. The van der Waals surface area contributed by atoms with Crippen LogP contribution in [0, 0.1) is 0 Å². The minimum absolute atomic E-state index is 0.103. The Kier molecular flexibility index (Phi) is 5.20. The average molecular weight is 369 g/mol. The summed E-state index contributed by atoms with van der Waals surface area (Å²) in [4.78, 5) is 20.0. The summed E-state index contributed by atoms with van der Waals surface area (Å²) in [5.74, 6) is -0.0774. The first-order valence-electron chi connectivity index (χ1n) is 9.60. The standard InChI is InChI=1S/C24H23N3O/c1-2-22(19-11-5-3-6-12-19)24(28)27(20-13-7-4-8-14-20)18-21-17-25-23-15-9-10-16-26(21)23/h3-17,22H,2,18H2,1H3. The van der Waals surface area contributed by atoms with Crippen LogP contribution in [0.15, 0.2) is 91.3 Å². The van der Waals surface area contributed by atoms with Crippen molar-refractivity contribution in [2.75, 3.05) is 4.90 Å². The molecule has 0 aliphatic carbocycles. The molecule has 1 atom stereocenters. The number of hydrogen-bond donors (Lipinski definition) is 0. The van der Waals surface area contributed by atoms with Crippen molar-refractivity contribution in [1.29, 1.82) is 0 Å². The molecule has 2 aromatic heterocycles. The first-order valence-corrected chi connectivity index (χ1v) is 9.60. The highest BCUT2D eigenvalue weighted by atomic mass is 16.2. The zero-order valence-electron chi connectivity index (χ0n) is 15.9. The van der Waals surface area contributed by atoms with E-state index in [0.29, 0.717) is 6.54 Å². The minimum atomic E-state index is -0.180. The van der Waals surface area contributed by atoms with Gasteiger partial charge in [0.25, 0.3) is 0 Å². The van der Waals surface area contributed by atoms with Gasteiger partial charge in [-0.25, -0.2) is 4.98 Å². The van der Waals surface area contributed by atoms with E-state index in [9.17, 15) is 4.79 Å². The molecular formula is C24H23N3O. The summed E-state index contributed by atoms with van der Waals surface area (Å²) in [5.41, 5.74) is 3.81. The molecule has 1 unspecified atom stereocenters. The SMILES string of the molecule is CCC(C(=O)N(Cc1cnc2ccccn12)c1ccccc1)c1ccccc1. The summed E-state index contributed by atoms with van der Waals surface area (Å²) in [6, 6.07) is 25.8. The monoisotopic (exact) mass is 369 g/mol. The van der Waals surface area contributed by atoms with Crippen LogP contribution in [0.3, 0.4) is 0 Å². The van der Waals surface area contributed by atoms with Crippen LogP contribution < -0.4 is 4.90 Å². The van der Waals surface area contributed by atoms with E-state index in [1.807, 2.05) is 101 Å². The number of fused-ring (bicyclic) bond motifs is 1. The fourth-order valence-electron chi connectivity index (χ4n) is 3.59. The summed E-state index contributed by atoms with van der Waals surface area (Å²) < 4.78 is 2.03. The van der Waals surface area contributed by atoms with Crippen molar-refractivity contribution in [3.63, 3.8) is 0 Å². The van der Waals surface area contributed by atoms with Gasteiger partial charge in [0.2, 0.25) is 5.91 Å². The fourth-order valence-corrected chi connectivity index (χ4v) is 3.59. The van der Waals surface area contributed by atoms with Gasteiger partial charge >= 0.3 is 0 Å². The number of rotatable bonds is 6. The Balaban J connectivity index is 1.72. The molecule has 28 heavy (non-hydrogen) atoms. The van der Waals surface area contributed by atoms with Crippen molar-refractivity contribution in [2.24, 2.45) is 0 Å². The van der Waals surface area contributed by atoms with Crippen LogP contribution in [0.5, 0.6) is 0 Å². The van der Waals surface area contributed by atoms with Crippen molar-refractivity contribution in [2.45, 2.75) is 25.8 Å². The first-order chi connectivity index (χ1) is 13.8. The van der Waals surface area contributed by atoms with Crippen molar-refractivity contribution in [1.82, 2.24) is 9.38 Å². The maximum absolute atomic E-state index is 13.6. The second-order valence-electron chi connectivity index (χ2n) is 6.81. The summed E-state index contributed by atoms with van der Waals surface area (Å²) in [6.45, 7) is 2.53. The summed E-state index contributed by atoms with van der Waals surface area (Å²) >= 11 is 0. The number of carbonyl (C=O) groups is 1. The predicted molar refractivity (Wildman–Crippen MR) is 112 cm³/mol. The Morgan fingerprint density at radius 1 is 0.964 bits per heavy atom. The number of aromatic nitrogens is 2. The summed E-state index contributed by atoms with van der Waals surface area (Å²) in [6.07, 6.45) is 4.58. The number of benzene rings is 2. The highest BCUT2D eigenvalue weighted by Gasteiger charge is 2.26. The lowest BCUT2D eigenvalue weighted by Crippen LogP contribution is -2.35. The maximum atomic E-state index is 13.6. The highest BCUT2D eigenvalue weighted by Crippen LogP contribution is 2.27. The molecule has 0 aliphatic heterocycles. The minimum Gasteiger partial charge on any atom is -0.306 e. The zero-order chi connectivity index (χ0) is 19.3. The quantitative estimate of drug-likeness (QED) is 0.476. The van der Waals surface area contributed by atoms with Crippen molar-refractivity contribution >= 4 is 17.2 Å². The van der Waals surface area contributed by atoms with Gasteiger partial charge in [-0.05, 0) is 36.2 Å². The van der Waals surface area contributed by atoms with Crippen LogP contribution >= 0.6 is 0 Å². The van der Waals surface area contributed by atoms with E-state index in [1.54, 1.807) is 0 Å². The molecule has 4 heteroatoms. The second kappa shape index (κ2) is 8.09. The summed E-state index contributed by atoms with van der Waals surface area (Å²) in [7, 11) is 0. The molecule has 140 valence electrons. The first kappa shape index (κ1) is 18.0. The third-order valence-electron chi connectivity index (χ3n) is 5.06. The van der Waals surface area contributed by atoms with Crippen LogP contribution in [0.25, 0.3) is 5.65 Å². The lowest BCUT2D eigenvalue weighted by molar-refractivity contribution is -0.120. The average Bonchev–Trinajstić information content (AvgIpc) is 3.17. The van der Waals surface area contributed by atoms with Gasteiger partial charge < -0.3 is 9.30 Å². The smallest absolute Gasteiger partial charge is 0.234 e. The van der Waals surface area contributed by atoms with E-state index in [-0.39, 0.29) is 11.8 Å². The number of amides is 1. The molecule has 0 saturated carbocycles. The van der Waals surface area contributed by atoms with E-state index in [4.69, 9.17) is 0 Å². The number of carbonyl (C=O) groups excluding carboxylic acids is 1. The number of pyridine rings is 1. The molecule has 0 radical (unpaired) electrons. The molecular weight excluding hydrogens is 346 g/mol. The van der Waals surface area contributed by atoms with Gasteiger partial charge in [-0.1, -0.05) is 61.5 Å². The summed E-state index contributed by atoms with van der Waals surface area (Å²) in [5, 5.41) is 0. The van der Waals surface area contributed by atoms with E-state index < -0.39 is 0 Å². The maximum Gasteiger partial charge on any atom is 0.234 e. The fraction of sp³-hybridized carbons (Fsp3) is 0.167. The molecule has 0 spiro atoms. The Labute approximate surface area is 165 Å². The molecule has 4 nitrogen and oxygen atoms in total. The van der Waals surface area contributed by atoms with Gasteiger partial charge in [-0.2, -0.15) is 0 Å². The molecule has 4 rings (SSSR count). The van der Waals surface area contributed by atoms with Crippen LogP contribution in [0.2, 0.25) is 0 Å². The molecule has 0 N–H and O–H groups in total. The molecule has 0 saturated heterocycles. The number of para-hydroxylation sites is 1. The third-order valence-corrected chi connectivity index (χ3v) is 5.06. The topological polar surface area (TPSA) is 37.6 Å². The van der Waals surface area contributed by atoms with Gasteiger partial charge in [0.15, 0.2) is 0 Å². The second-order valence-corrected chi connectivity index (χ2v) is 6.81. The van der Waals surface area contributed by atoms with Crippen LogP contribution in [0.4, 0.5) is 5.69 Å². The van der Waals surface area contributed by atoms with E-state index in [0.717, 1.165) is 29.0 Å². The van der Waals surface area contributed by atoms with E-state index >= 15 is 0 Å². The largest absolute Gasteiger partial charge is 0.306 e. The van der Waals surface area contributed by atoms with Crippen molar-refractivity contribution < 1.29 is 4.79 Å². The van der Waals surface area contributed by atoms with Gasteiger partial charge in [0.05, 0.1) is 24.4 Å². The highest BCUT2D eigenvalue weighted by molar-refractivity contribution is 5.98. The molecule has 2 aromatic carbocycles. The molecule has 0 bridgehead atoms. The number of hydrogen-bond acceptors (Lipinski definition) is 2.